The van der Waals surface area contributed by atoms with Gasteiger partial charge in [-0.15, -0.1) is 11.3 Å². The number of aryl methyl sites for hydroxylation is 1. The molecule has 0 aliphatic carbocycles. The van der Waals surface area contributed by atoms with Crippen molar-refractivity contribution in [3.63, 3.8) is 0 Å². The van der Waals surface area contributed by atoms with Crippen LogP contribution in [0.4, 0.5) is 0 Å². The molecule has 0 aliphatic heterocycles. The number of hydrogen-bond donors (Lipinski definition) is 1. The van der Waals surface area contributed by atoms with Crippen LogP contribution in [0.3, 0.4) is 0 Å². The van der Waals surface area contributed by atoms with Crippen molar-refractivity contribution >= 4 is 11.3 Å². The van der Waals surface area contributed by atoms with Gasteiger partial charge in [0.25, 0.3) is 0 Å². The van der Waals surface area contributed by atoms with Crippen LogP contribution in [-0.4, -0.2) is 4.57 Å². The van der Waals surface area contributed by atoms with Crippen molar-refractivity contribution < 1.29 is 0 Å². The number of nitrogens with one attached hydrogen (secondary N) is 1. The van der Waals surface area contributed by atoms with Gasteiger partial charge in [0, 0.05) is 12.4 Å². The number of nitrogens with zero attached hydrogens (tertiary/aromatic N) is 1. The Bertz CT molecular complexity index is 491. The van der Waals surface area contributed by atoms with Crippen molar-refractivity contribution in [2.24, 2.45) is 7.05 Å². The SMILES string of the molecule is Cc1ccc(-c2csc(=N)n2C)cc1. The average molecular weight is 204 g/mol. The molecule has 72 valence electrons. The summed E-state index contributed by atoms with van der Waals surface area (Å²) in [5.41, 5.74) is 3.55. The predicted molar refractivity (Wildman–Crippen MR) is 59.3 cm³/mol. The molecule has 1 N–H and O–H groups in total. The Labute approximate surface area is 87.0 Å². The van der Waals surface area contributed by atoms with Crippen molar-refractivity contribution in [1.82, 2.24) is 4.57 Å². The zero-order valence-electron chi connectivity index (χ0n) is 8.24. The molecular weight excluding hydrogens is 192 g/mol. The van der Waals surface area contributed by atoms with E-state index in [2.05, 4.69) is 31.2 Å². The minimum atomic E-state index is 0.584. The first kappa shape index (κ1) is 9.21. The second kappa shape index (κ2) is 3.42. The second-order valence-corrected chi connectivity index (χ2v) is 4.21. The van der Waals surface area contributed by atoms with Gasteiger partial charge in [-0.1, -0.05) is 29.8 Å². The molecule has 3 heteroatoms. The van der Waals surface area contributed by atoms with Gasteiger partial charge < -0.3 is 4.57 Å². The molecule has 0 bridgehead atoms. The lowest BCUT2D eigenvalue weighted by molar-refractivity contribution is 0.866. The van der Waals surface area contributed by atoms with E-state index >= 15 is 0 Å². The Hall–Kier alpha value is -1.35. The van der Waals surface area contributed by atoms with Crippen LogP contribution in [0, 0.1) is 12.3 Å². The summed E-state index contributed by atoms with van der Waals surface area (Å²) in [6.45, 7) is 2.08. The first-order valence-electron chi connectivity index (χ1n) is 4.44. The minimum Gasteiger partial charge on any atom is -0.320 e. The summed E-state index contributed by atoms with van der Waals surface area (Å²) in [4.78, 5) is 0.584. The Kier molecular flexibility index (Phi) is 2.25. The lowest BCUT2D eigenvalue weighted by Gasteiger charge is -2.02. The maximum Gasteiger partial charge on any atom is 0.182 e. The quantitative estimate of drug-likeness (QED) is 0.739. The molecule has 0 saturated carbocycles. The van der Waals surface area contributed by atoms with E-state index < -0.39 is 0 Å². The molecule has 1 heterocycles. The third kappa shape index (κ3) is 1.51. The predicted octanol–water partition coefficient (Wildman–Crippen LogP) is 2.54. The summed E-state index contributed by atoms with van der Waals surface area (Å²) in [6, 6.07) is 8.38. The first-order chi connectivity index (χ1) is 6.68. The molecule has 0 radical (unpaired) electrons. The Balaban J connectivity index is 2.55. The normalized spacial score (nSPS) is 10.4. The van der Waals surface area contributed by atoms with E-state index in [1.807, 2.05) is 17.0 Å². The van der Waals surface area contributed by atoms with Crippen LogP contribution in [-0.2, 0) is 7.05 Å². The zero-order valence-corrected chi connectivity index (χ0v) is 9.06. The van der Waals surface area contributed by atoms with Crippen molar-refractivity contribution in [3.8, 4) is 11.3 Å². The number of hydrogen-bond acceptors (Lipinski definition) is 2. The highest BCUT2D eigenvalue weighted by Gasteiger charge is 2.02. The zero-order chi connectivity index (χ0) is 10.1. The third-order valence-electron chi connectivity index (χ3n) is 2.30. The fourth-order valence-corrected chi connectivity index (χ4v) is 2.14. The maximum atomic E-state index is 7.61. The van der Waals surface area contributed by atoms with Gasteiger partial charge in [0.1, 0.15) is 0 Å². The fraction of sp³-hybridized carbons (Fsp3) is 0.182. The van der Waals surface area contributed by atoms with E-state index in [-0.39, 0.29) is 0 Å². The van der Waals surface area contributed by atoms with E-state index in [0.717, 1.165) is 5.69 Å². The average Bonchev–Trinajstić information content (AvgIpc) is 2.50. The molecule has 0 aliphatic rings. The van der Waals surface area contributed by atoms with Crippen molar-refractivity contribution in [2.75, 3.05) is 0 Å². The first-order valence-corrected chi connectivity index (χ1v) is 5.32. The van der Waals surface area contributed by atoms with Crippen LogP contribution in [0.5, 0.6) is 0 Å². The second-order valence-electron chi connectivity index (χ2n) is 3.35. The summed E-state index contributed by atoms with van der Waals surface area (Å²) >= 11 is 1.46. The van der Waals surface area contributed by atoms with Gasteiger partial charge in [0.15, 0.2) is 4.80 Å². The molecule has 0 fully saturated rings. The monoisotopic (exact) mass is 204 g/mol. The van der Waals surface area contributed by atoms with Gasteiger partial charge in [-0.2, -0.15) is 0 Å². The van der Waals surface area contributed by atoms with Crippen LogP contribution in [0.15, 0.2) is 29.6 Å². The largest absolute Gasteiger partial charge is 0.320 e. The smallest absolute Gasteiger partial charge is 0.182 e. The summed E-state index contributed by atoms with van der Waals surface area (Å²) in [7, 11) is 1.92. The topological polar surface area (TPSA) is 28.8 Å². The molecular formula is C11H12N2S. The Morgan fingerprint density at radius 1 is 1.21 bits per heavy atom. The van der Waals surface area contributed by atoms with E-state index in [9.17, 15) is 0 Å². The van der Waals surface area contributed by atoms with E-state index in [4.69, 9.17) is 5.41 Å². The molecule has 14 heavy (non-hydrogen) atoms. The lowest BCUT2D eigenvalue weighted by atomic mass is 10.1. The Morgan fingerprint density at radius 2 is 1.86 bits per heavy atom. The van der Waals surface area contributed by atoms with Crippen LogP contribution in [0.2, 0.25) is 0 Å². The highest BCUT2D eigenvalue weighted by atomic mass is 32.1. The molecule has 0 saturated heterocycles. The summed E-state index contributed by atoms with van der Waals surface area (Å²) in [6.07, 6.45) is 0. The van der Waals surface area contributed by atoms with Crippen LogP contribution < -0.4 is 4.80 Å². The highest BCUT2D eigenvalue weighted by Crippen LogP contribution is 2.19. The Morgan fingerprint density at radius 3 is 2.36 bits per heavy atom. The summed E-state index contributed by atoms with van der Waals surface area (Å²) in [5.74, 6) is 0. The van der Waals surface area contributed by atoms with Gasteiger partial charge in [-0.3, -0.25) is 5.41 Å². The molecule has 1 aromatic carbocycles. The summed E-state index contributed by atoms with van der Waals surface area (Å²) < 4.78 is 1.90. The van der Waals surface area contributed by atoms with E-state index in [0.29, 0.717) is 4.80 Å². The van der Waals surface area contributed by atoms with Gasteiger partial charge in [-0.25, -0.2) is 0 Å². The standard InChI is InChI=1S/C11H12N2S/c1-8-3-5-9(6-4-8)10-7-14-11(12)13(10)2/h3-7,12H,1-2H3. The summed E-state index contributed by atoms with van der Waals surface area (Å²) in [5, 5.41) is 9.63. The molecule has 2 nitrogen and oxygen atoms in total. The lowest BCUT2D eigenvalue weighted by Crippen LogP contribution is -2.08. The van der Waals surface area contributed by atoms with Crippen molar-refractivity contribution in [1.29, 1.82) is 5.41 Å². The number of benzene rings is 1. The van der Waals surface area contributed by atoms with E-state index in [1.54, 1.807) is 0 Å². The number of thiazole rings is 1. The molecule has 0 amide bonds. The van der Waals surface area contributed by atoms with Crippen molar-refractivity contribution in [2.45, 2.75) is 6.92 Å². The number of aromatic nitrogens is 1. The van der Waals surface area contributed by atoms with E-state index in [1.165, 1.54) is 22.5 Å². The van der Waals surface area contributed by atoms with Gasteiger partial charge in [-0.05, 0) is 12.5 Å². The van der Waals surface area contributed by atoms with Gasteiger partial charge >= 0.3 is 0 Å². The highest BCUT2D eigenvalue weighted by molar-refractivity contribution is 7.07. The molecule has 0 spiro atoms. The fourth-order valence-electron chi connectivity index (χ4n) is 1.37. The molecule has 0 atom stereocenters. The number of rotatable bonds is 1. The van der Waals surface area contributed by atoms with Crippen LogP contribution in [0.25, 0.3) is 11.3 Å². The molecule has 2 aromatic rings. The van der Waals surface area contributed by atoms with Crippen LogP contribution >= 0.6 is 11.3 Å². The maximum absolute atomic E-state index is 7.61. The van der Waals surface area contributed by atoms with Crippen molar-refractivity contribution in [3.05, 3.63) is 40.0 Å². The third-order valence-corrected chi connectivity index (χ3v) is 3.13. The molecule has 1 aromatic heterocycles. The van der Waals surface area contributed by atoms with Crippen LogP contribution in [0.1, 0.15) is 5.56 Å². The minimum absolute atomic E-state index is 0.584. The van der Waals surface area contributed by atoms with Gasteiger partial charge in [0.2, 0.25) is 0 Å². The molecule has 2 rings (SSSR count). The molecule has 0 unspecified atom stereocenters. The van der Waals surface area contributed by atoms with Gasteiger partial charge in [0.05, 0.1) is 5.69 Å².